The van der Waals surface area contributed by atoms with Crippen molar-refractivity contribution < 1.29 is 0 Å². The monoisotopic (exact) mass is 315 g/mol. The summed E-state index contributed by atoms with van der Waals surface area (Å²) in [6.45, 7) is 0. The summed E-state index contributed by atoms with van der Waals surface area (Å²) in [5.41, 5.74) is 1.03. The standard InChI is InChI=1S/C14H9N3S3/c18-14-16-15-13(17(14)9-4-2-1-3-5-9)12-8-11-10(20-12)6-7-19-11/h1-8H,(H,16,18). The van der Waals surface area contributed by atoms with Gasteiger partial charge in [-0.2, -0.15) is 5.10 Å². The number of hydrogen-bond donors (Lipinski definition) is 1. The Morgan fingerprint density at radius 1 is 1.10 bits per heavy atom. The van der Waals surface area contributed by atoms with Crippen LogP contribution in [0.1, 0.15) is 0 Å². The summed E-state index contributed by atoms with van der Waals surface area (Å²) < 4.78 is 5.17. The summed E-state index contributed by atoms with van der Waals surface area (Å²) in [6.07, 6.45) is 0. The predicted octanol–water partition coefficient (Wildman–Crippen LogP) is 4.87. The molecule has 1 aromatic carbocycles. The summed E-state index contributed by atoms with van der Waals surface area (Å²) >= 11 is 8.86. The van der Waals surface area contributed by atoms with E-state index in [0.717, 1.165) is 16.4 Å². The van der Waals surface area contributed by atoms with Gasteiger partial charge in [0.2, 0.25) is 0 Å². The topological polar surface area (TPSA) is 33.6 Å². The van der Waals surface area contributed by atoms with Gasteiger partial charge in [0.25, 0.3) is 0 Å². The van der Waals surface area contributed by atoms with Crippen molar-refractivity contribution in [2.75, 3.05) is 0 Å². The zero-order valence-electron chi connectivity index (χ0n) is 10.2. The molecule has 0 saturated carbocycles. The third-order valence-corrected chi connectivity index (χ3v) is 5.41. The Hall–Kier alpha value is -1.76. The smallest absolute Gasteiger partial charge is 0.200 e. The van der Waals surface area contributed by atoms with Crippen LogP contribution in [0.2, 0.25) is 0 Å². The fourth-order valence-electron chi connectivity index (χ4n) is 2.15. The minimum absolute atomic E-state index is 0.614. The lowest BCUT2D eigenvalue weighted by atomic mass is 10.3. The first-order chi connectivity index (χ1) is 9.83. The summed E-state index contributed by atoms with van der Waals surface area (Å²) in [5.74, 6) is 0.870. The van der Waals surface area contributed by atoms with Crippen LogP contribution in [0.5, 0.6) is 0 Å². The molecule has 0 radical (unpaired) electrons. The average molecular weight is 315 g/mol. The molecule has 6 heteroatoms. The van der Waals surface area contributed by atoms with Gasteiger partial charge in [-0.25, -0.2) is 0 Å². The molecule has 0 amide bonds. The summed E-state index contributed by atoms with van der Waals surface area (Å²) in [5, 5.41) is 9.41. The normalized spacial score (nSPS) is 11.2. The van der Waals surface area contributed by atoms with E-state index in [0.29, 0.717) is 4.77 Å². The van der Waals surface area contributed by atoms with Crippen molar-refractivity contribution in [1.29, 1.82) is 0 Å². The van der Waals surface area contributed by atoms with Gasteiger partial charge in [-0.05, 0) is 41.9 Å². The Labute approximate surface area is 128 Å². The first kappa shape index (κ1) is 12.0. The lowest BCUT2D eigenvalue weighted by molar-refractivity contribution is 1.04. The van der Waals surface area contributed by atoms with Gasteiger partial charge in [0.1, 0.15) is 0 Å². The fourth-order valence-corrected chi connectivity index (χ4v) is 4.48. The number of fused-ring (bicyclic) bond motifs is 1. The largest absolute Gasteiger partial charge is 0.267 e. The van der Waals surface area contributed by atoms with E-state index in [1.165, 1.54) is 9.40 Å². The maximum absolute atomic E-state index is 5.37. The van der Waals surface area contributed by atoms with E-state index >= 15 is 0 Å². The van der Waals surface area contributed by atoms with E-state index in [-0.39, 0.29) is 0 Å². The number of H-pyrrole nitrogens is 1. The number of nitrogens with zero attached hydrogens (tertiary/aromatic N) is 2. The quantitative estimate of drug-likeness (QED) is 0.535. The van der Waals surface area contributed by atoms with Crippen molar-refractivity contribution in [3.05, 3.63) is 52.6 Å². The Bertz CT molecular complexity index is 899. The molecule has 0 saturated heterocycles. The molecule has 0 unspecified atom stereocenters. The fraction of sp³-hybridized carbons (Fsp3) is 0. The SMILES string of the molecule is S=c1[nH]nc(-c2cc3sccc3s2)n1-c1ccccc1. The van der Waals surface area contributed by atoms with E-state index in [1.807, 2.05) is 34.9 Å². The molecule has 3 nitrogen and oxygen atoms in total. The Morgan fingerprint density at radius 3 is 2.75 bits per heavy atom. The Morgan fingerprint density at radius 2 is 1.95 bits per heavy atom. The molecule has 0 spiro atoms. The van der Waals surface area contributed by atoms with Crippen LogP contribution in [0.15, 0.2) is 47.8 Å². The molecule has 3 aromatic heterocycles. The highest BCUT2D eigenvalue weighted by molar-refractivity contribution is 7.71. The molecule has 4 rings (SSSR count). The van der Waals surface area contributed by atoms with Crippen molar-refractivity contribution in [3.8, 4) is 16.4 Å². The highest BCUT2D eigenvalue weighted by Crippen LogP contribution is 2.36. The Balaban J connectivity index is 1.95. The Kier molecular flexibility index (Phi) is 2.80. The highest BCUT2D eigenvalue weighted by atomic mass is 32.1. The molecule has 98 valence electrons. The van der Waals surface area contributed by atoms with Crippen LogP contribution in [0.25, 0.3) is 25.8 Å². The van der Waals surface area contributed by atoms with E-state index < -0.39 is 0 Å². The molecule has 4 aromatic rings. The van der Waals surface area contributed by atoms with Crippen LogP contribution in [0.4, 0.5) is 0 Å². The van der Waals surface area contributed by atoms with Gasteiger partial charge in [-0.1, -0.05) is 18.2 Å². The second-order valence-corrected chi connectivity index (χ2v) is 6.70. The molecule has 0 atom stereocenters. The van der Waals surface area contributed by atoms with Gasteiger partial charge in [-0.3, -0.25) is 9.67 Å². The summed E-state index contributed by atoms with van der Waals surface area (Å²) in [6, 6.07) is 14.4. The number of benzene rings is 1. The molecular formula is C14H9N3S3. The van der Waals surface area contributed by atoms with Crippen molar-refractivity contribution in [1.82, 2.24) is 14.8 Å². The van der Waals surface area contributed by atoms with Crippen LogP contribution < -0.4 is 0 Å². The average Bonchev–Trinajstić information content (AvgIpc) is 3.12. The van der Waals surface area contributed by atoms with Crippen LogP contribution in [-0.2, 0) is 0 Å². The molecule has 0 fully saturated rings. The van der Waals surface area contributed by atoms with Gasteiger partial charge in [0, 0.05) is 15.1 Å². The number of nitrogens with one attached hydrogen (secondary N) is 1. The van der Waals surface area contributed by atoms with Crippen molar-refractivity contribution in [2.24, 2.45) is 0 Å². The van der Waals surface area contributed by atoms with Crippen molar-refractivity contribution in [3.63, 3.8) is 0 Å². The molecule has 0 bridgehead atoms. The van der Waals surface area contributed by atoms with E-state index in [9.17, 15) is 0 Å². The van der Waals surface area contributed by atoms with Gasteiger partial charge >= 0.3 is 0 Å². The van der Waals surface area contributed by atoms with Crippen molar-refractivity contribution >= 4 is 44.3 Å². The zero-order valence-corrected chi connectivity index (χ0v) is 12.7. The summed E-state index contributed by atoms with van der Waals surface area (Å²) in [7, 11) is 0. The molecule has 20 heavy (non-hydrogen) atoms. The third-order valence-electron chi connectivity index (χ3n) is 3.05. The zero-order chi connectivity index (χ0) is 13.5. The van der Waals surface area contributed by atoms with E-state index in [4.69, 9.17) is 12.2 Å². The molecule has 0 aliphatic carbocycles. The van der Waals surface area contributed by atoms with E-state index in [1.54, 1.807) is 22.7 Å². The van der Waals surface area contributed by atoms with E-state index in [2.05, 4.69) is 27.7 Å². The lowest BCUT2D eigenvalue weighted by Gasteiger charge is -2.04. The summed E-state index contributed by atoms with van der Waals surface area (Å²) in [4.78, 5) is 1.13. The number of thiophene rings is 2. The van der Waals surface area contributed by atoms with Crippen LogP contribution in [0.3, 0.4) is 0 Å². The number of aromatic nitrogens is 3. The van der Waals surface area contributed by atoms with Crippen LogP contribution >= 0.6 is 34.9 Å². The van der Waals surface area contributed by atoms with Crippen LogP contribution in [0, 0.1) is 4.77 Å². The molecule has 0 aliphatic heterocycles. The number of aromatic amines is 1. The minimum Gasteiger partial charge on any atom is -0.267 e. The maximum Gasteiger partial charge on any atom is 0.200 e. The number of para-hydroxylation sites is 1. The number of rotatable bonds is 2. The molecular weight excluding hydrogens is 306 g/mol. The predicted molar refractivity (Wildman–Crippen MR) is 87.4 cm³/mol. The maximum atomic E-state index is 5.37. The first-order valence-corrected chi connectivity index (χ1v) is 8.13. The van der Waals surface area contributed by atoms with Gasteiger partial charge in [0.05, 0.1) is 4.88 Å². The number of hydrogen-bond acceptors (Lipinski definition) is 4. The first-order valence-electron chi connectivity index (χ1n) is 6.03. The van der Waals surface area contributed by atoms with Gasteiger partial charge in [0.15, 0.2) is 10.6 Å². The second-order valence-electron chi connectivity index (χ2n) is 4.28. The van der Waals surface area contributed by atoms with Gasteiger partial charge in [-0.15, -0.1) is 22.7 Å². The third kappa shape index (κ3) is 1.84. The highest BCUT2D eigenvalue weighted by Gasteiger charge is 2.13. The molecule has 1 N–H and O–H groups in total. The van der Waals surface area contributed by atoms with Crippen LogP contribution in [-0.4, -0.2) is 14.8 Å². The van der Waals surface area contributed by atoms with Crippen molar-refractivity contribution in [2.45, 2.75) is 0 Å². The van der Waals surface area contributed by atoms with Gasteiger partial charge < -0.3 is 0 Å². The second kappa shape index (κ2) is 4.66. The minimum atomic E-state index is 0.614. The lowest BCUT2D eigenvalue weighted by Crippen LogP contribution is -1.95. The molecule has 3 heterocycles. The molecule has 0 aliphatic rings.